The van der Waals surface area contributed by atoms with Gasteiger partial charge in [0.1, 0.15) is 31.3 Å². The van der Waals surface area contributed by atoms with Crippen LogP contribution in [-0.2, 0) is 9.59 Å². The number of carbonyl (C=O) groups is 2. The van der Waals surface area contributed by atoms with Crippen molar-refractivity contribution in [3.63, 3.8) is 0 Å². The second-order valence-electron chi connectivity index (χ2n) is 8.90. The molecule has 1 N–H and O–H groups in total. The summed E-state index contributed by atoms with van der Waals surface area (Å²) in [5.74, 6) is 0.0662. The van der Waals surface area contributed by atoms with Crippen molar-refractivity contribution in [1.29, 1.82) is 0 Å². The van der Waals surface area contributed by atoms with E-state index < -0.39 is 17.7 Å². The molecule has 37 heavy (non-hydrogen) atoms. The number of carbonyl (C=O) groups excluding carboxylic acids is 2. The van der Waals surface area contributed by atoms with Gasteiger partial charge in [-0.05, 0) is 62.0 Å². The highest BCUT2D eigenvalue weighted by Crippen LogP contribution is 2.41. The molecule has 2 aromatic carbocycles. The molecule has 2 aliphatic heterocycles. The van der Waals surface area contributed by atoms with Gasteiger partial charge in [0, 0.05) is 12.1 Å². The molecule has 1 fully saturated rings. The van der Waals surface area contributed by atoms with Crippen molar-refractivity contribution in [2.45, 2.75) is 26.3 Å². The number of aliphatic hydroxyl groups is 1. The number of fused-ring (bicyclic) bond motifs is 1. The van der Waals surface area contributed by atoms with Crippen LogP contribution in [0.1, 0.15) is 37.4 Å². The van der Waals surface area contributed by atoms with Gasteiger partial charge in [0.15, 0.2) is 11.5 Å². The molecule has 0 radical (unpaired) electrons. The summed E-state index contributed by atoms with van der Waals surface area (Å²) in [6, 6.07) is 11.5. The Balaban J connectivity index is 1.75. The van der Waals surface area contributed by atoms with Gasteiger partial charge in [0.05, 0.1) is 11.6 Å². The van der Waals surface area contributed by atoms with Crippen LogP contribution >= 0.6 is 0 Å². The molecule has 2 aromatic rings. The molecule has 0 aliphatic carbocycles. The van der Waals surface area contributed by atoms with Crippen molar-refractivity contribution in [1.82, 2.24) is 9.80 Å². The summed E-state index contributed by atoms with van der Waals surface area (Å²) in [6.07, 6.45) is 2.34. The normalized spacial score (nSPS) is 18.4. The van der Waals surface area contributed by atoms with Crippen molar-refractivity contribution in [3.8, 4) is 17.2 Å². The highest BCUT2D eigenvalue weighted by Gasteiger charge is 2.46. The minimum Gasteiger partial charge on any atom is -0.507 e. The van der Waals surface area contributed by atoms with E-state index in [2.05, 4.69) is 25.3 Å². The van der Waals surface area contributed by atoms with Crippen LogP contribution in [-0.4, -0.2) is 72.6 Å². The molecular formula is C29H34N2O6. The Labute approximate surface area is 217 Å². The van der Waals surface area contributed by atoms with Crippen LogP contribution in [0.4, 0.5) is 0 Å². The number of rotatable bonds is 11. The molecule has 4 rings (SSSR count). The third-order valence-electron chi connectivity index (χ3n) is 6.67. The third-order valence-corrected chi connectivity index (χ3v) is 6.67. The standard InChI is InChI=1S/C29H34N2O6/c1-4-15-35-22-10-7-9-20(18-22)26-25(27(32)21-11-12-23-24(19-21)37-17-16-36-23)28(33)29(34)31(26)14-8-13-30(5-2)6-3/h4,7,9-12,18-19,26,32H,1,5-6,8,13-17H2,2-3H3/b27-25-. The zero-order chi connectivity index (χ0) is 26.4. The van der Waals surface area contributed by atoms with Gasteiger partial charge in [-0.3, -0.25) is 9.59 Å². The third kappa shape index (κ3) is 5.64. The Hall–Kier alpha value is -3.78. The monoisotopic (exact) mass is 506 g/mol. The molecule has 0 saturated carbocycles. The van der Waals surface area contributed by atoms with E-state index in [1.807, 2.05) is 12.1 Å². The molecule has 0 bridgehead atoms. The second-order valence-corrected chi connectivity index (χ2v) is 8.90. The fraction of sp³-hybridized carbons (Fsp3) is 0.379. The number of Topliss-reactive ketones (excluding diaryl/α,β-unsaturated/α-hetero) is 1. The van der Waals surface area contributed by atoms with E-state index in [0.717, 1.165) is 19.6 Å². The quantitative estimate of drug-likeness (QED) is 0.212. The van der Waals surface area contributed by atoms with E-state index >= 15 is 0 Å². The van der Waals surface area contributed by atoms with Crippen LogP contribution in [0.3, 0.4) is 0 Å². The zero-order valence-electron chi connectivity index (χ0n) is 21.4. The molecule has 1 unspecified atom stereocenters. The molecular weight excluding hydrogens is 472 g/mol. The van der Waals surface area contributed by atoms with Crippen molar-refractivity contribution < 1.29 is 28.9 Å². The summed E-state index contributed by atoms with van der Waals surface area (Å²) < 4.78 is 16.9. The molecule has 8 nitrogen and oxygen atoms in total. The van der Waals surface area contributed by atoms with Crippen molar-refractivity contribution in [3.05, 3.63) is 71.8 Å². The highest BCUT2D eigenvalue weighted by atomic mass is 16.6. The Morgan fingerprint density at radius 3 is 2.62 bits per heavy atom. The van der Waals surface area contributed by atoms with Gasteiger partial charge < -0.3 is 29.1 Å². The van der Waals surface area contributed by atoms with Crippen LogP contribution in [0.5, 0.6) is 17.2 Å². The number of likely N-dealkylation sites (tertiary alicyclic amines) is 1. The topological polar surface area (TPSA) is 88.5 Å². The second kappa shape index (κ2) is 12.0. The Morgan fingerprint density at radius 2 is 1.89 bits per heavy atom. The van der Waals surface area contributed by atoms with Gasteiger partial charge in [0.2, 0.25) is 0 Å². The molecule has 2 heterocycles. The fourth-order valence-electron chi connectivity index (χ4n) is 4.74. The number of benzene rings is 2. The SMILES string of the molecule is C=CCOc1cccc(C2/C(=C(/O)c3ccc4c(c3)OCCO4)C(=O)C(=O)N2CCCN(CC)CC)c1. The predicted octanol–water partition coefficient (Wildman–Crippen LogP) is 4.18. The fourth-order valence-corrected chi connectivity index (χ4v) is 4.74. The molecule has 196 valence electrons. The summed E-state index contributed by atoms with van der Waals surface area (Å²) in [5.41, 5.74) is 1.11. The first-order valence-electron chi connectivity index (χ1n) is 12.7. The van der Waals surface area contributed by atoms with Crippen LogP contribution in [0.15, 0.2) is 60.7 Å². The number of aliphatic hydroxyl groups excluding tert-OH is 1. The van der Waals surface area contributed by atoms with Crippen molar-refractivity contribution in [2.24, 2.45) is 0 Å². The van der Waals surface area contributed by atoms with Gasteiger partial charge in [-0.25, -0.2) is 0 Å². The number of ketones is 1. The maximum atomic E-state index is 13.3. The maximum Gasteiger partial charge on any atom is 0.295 e. The smallest absolute Gasteiger partial charge is 0.295 e. The number of hydrogen-bond donors (Lipinski definition) is 1. The van der Waals surface area contributed by atoms with Crippen LogP contribution < -0.4 is 14.2 Å². The van der Waals surface area contributed by atoms with Gasteiger partial charge in [0.25, 0.3) is 11.7 Å². The van der Waals surface area contributed by atoms with E-state index in [1.165, 1.54) is 0 Å². The van der Waals surface area contributed by atoms with Gasteiger partial charge in [-0.2, -0.15) is 0 Å². The highest BCUT2D eigenvalue weighted by molar-refractivity contribution is 6.46. The van der Waals surface area contributed by atoms with Crippen LogP contribution in [0, 0.1) is 0 Å². The van der Waals surface area contributed by atoms with E-state index in [-0.39, 0.29) is 11.3 Å². The first-order valence-corrected chi connectivity index (χ1v) is 12.7. The van der Waals surface area contributed by atoms with Crippen LogP contribution in [0.25, 0.3) is 5.76 Å². The van der Waals surface area contributed by atoms with E-state index in [1.54, 1.807) is 41.3 Å². The lowest BCUT2D eigenvalue weighted by atomic mass is 9.95. The van der Waals surface area contributed by atoms with Gasteiger partial charge >= 0.3 is 0 Å². The summed E-state index contributed by atoms with van der Waals surface area (Å²) in [4.78, 5) is 30.4. The summed E-state index contributed by atoms with van der Waals surface area (Å²) in [7, 11) is 0. The molecule has 2 aliphatic rings. The largest absolute Gasteiger partial charge is 0.507 e. The van der Waals surface area contributed by atoms with E-state index in [4.69, 9.17) is 14.2 Å². The summed E-state index contributed by atoms with van der Waals surface area (Å²) >= 11 is 0. The zero-order valence-corrected chi connectivity index (χ0v) is 21.4. The van der Waals surface area contributed by atoms with E-state index in [9.17, 15) is 14.7 Å². The average Bonchev–Trinajstić information content (AvgIpc) is 3.18. The number of amides is 1. The van der Waals surface area contributed by atoms with Crippen molar-refractivity contribution >= 4 is 17.4 Å². The first kappa shape index (κ1) is 26.3. The predicted molar refractivity (Wildman–Crippen MR) is 141 cm³/mol. The molecule has 1 saturated heterocycles. The first-order chi connectivity index (χ1) is 18.0. The van der Waals surface area contributed by atoms with E-state index in [0.29, 0.717) is 61.2 Å². The lowest BCUT2D eigenvalue weighted by Crippen LogP contribution is -2.33. The number of ether oxygens (including phenoxy) is 3. The Bertz CT molecular complexity index is 1190. The minimum absolute atomic E-state index is 0.0467. The Morgan fingerprint density at radius 1 is 1.14 bits per heavy atom. The number of nitrogens with zero attached hydrogens (tertiary/aromatic N) is 2. The van der Waals surface area contributed by atoms with Crippen LogP contribution in [0.2, 0.25) is 0 Å². The summed E-state index contributed by atoms with van der Waals surface area (Å²) in [5, 5.41) is 11.4. The molecule has 1 amide bonds. The maximum absolute atomic E-state index is 13.3. The number of hydrogen-bond acceptors (Lipinski definition) is 7. The molecule has 0 spiro atoms. The lowest BCUT2D eigenvalue weighted by Gasteiger charge is -2.27. The Kier molecular flexibility index (Phi) is 8.50. The molecule has 1 atom stereocenters. The minimum atomic E-state index is -0.753. The van der Waals surface area contributed by atoms with Crippen molar-refractivity contribution in [2.75, 3.05) is 46.0 Å². The van der Waals surface area contributed by atoms with Gasteiger partial charge in [-0.15, -0.1) is 0 Å². The molecule has 0 aromatic heterocycles. The average molecular weight is 507 g/mol. The molecule has 8 heteroatoms. The lowest BCUT2D eigenvalue weighted by molar-refractivity contribution is -0.140. The summed E-state index contributed by atoms with van der Waals surface area (Å²) in [6.45, 7) is 12.0. The van der Waals surface area contributed by atoms with Gasteiger partial charge in [-0.1, -0.05) is 38.6 Å².